The van der Waals surface area contributed by atoms with E-state index in [0.29, 0.717) is 22.1 Å². The third-order valence-electron chi connectivity index (χ3n) is 3.56. The van der Waals surface area contributed by atoms with E-state index in [1.165, 1.54) is 0 Å². The number of carbonyl (C=O) groups is 2. The number of halogens is 1. The number of benzene rings is 2. The van der Waals surface area contributed by atoms with Gasteiger partial charge >= 0.3 is 0 Å². The molecule has 6 nitrogen and oxygen atoms in total. The molecule has 0 saturated heterocycles. The highest BCUT2D eigenvalue weighted by atomic mass is 35.5. The van der Waals surface area contributed by atoms with Crippen LogP contribution < -0.4 is 10.6 Å². The Morgan fingerprint density at radius 3 is 2.67 bits per heavy atom. The van der Waals surface area contributed by atoms with Crippen LogP contribution in [0.2, 0.25) is 5.28 Å². The summed E-state index contributed by atoms with van der Waals surface area (Å²) in [5.74, 6) is -0.640. The molecule has 2 N–H and O–H groups in total. The lowest BCUT2D eigenvalue weighted by atomic mass is 10.2. The van der Waals surface area contributed by atoms with Crippen molar-refractivity contribution in [3.63, 3.8) is 0 Å². The van der Waals surface area contributed by atoms with E-state index in [1.807, 2.05) is 18.2 Å². The molecule has 0 fully saturated rings. The number of nitrogens with zero attached hydrogens (tertiary/aromatic N) is 2. The Balaban J connectivity index is 1.63. The van der Waals surface area contributed by atoms with Gasteiger partial charge in [-0.1, -0.05) is 18.2 Å². The Kier molecular flexibility index (Phi) is 4.48. The first-order valence-corrected chi connectivity index (χ1v) is 7.67. The fourth-order valence-electron chi connectivity index (χ4n) is 2.30. The number of aromatic nitrogens is 2. The van der Waals surface area contributed by atoms with Crippen molar-refractivity contribution in [1.82, 2.24) is 14.9 Å². The molecule has 2 amide bonds. The number of amides is 2. The summed E-state index contributed by atoms with van der Waals surface area (Å²) in [6.45, 7) is -0.116. The average Bonchev–Trinajstić information content (AvgIpc) is 2.87. The number of anilines is 1. The van der Waals surface area contributed by atoms with Crippen LogP contribution in [0.25, 0.3) is 11.0 Å². The molecule has 1 heterocycles. The van der Waals surface area contributed by atoms with Crippen molar-refractivity contribution >= 4 is 40.1 Å². The molecule has 0 aliphatic heterocycles. The summed E-state index contributed by atoms with van der Waals surface area (Å²) >= 11 is 5.96. The summed E-state index contributed by atoms with van der Waals surface area (Å²) in [6.07, 6.45) is 0. The Morgan fingerprint density at radius 2 is 1.92 bits per heavy atom. The van der Waals surface area contributed by atoms with Crippen LogP contribution in [0.5, 0.6) is 0 Å². The van der Waals surface area contributed by atoms with E-state index < -0.39 is 0 Å². The minimum absolute atomic E-state index is 0.116. The van der Waals surface area contributed by atoms with Gasteiger partial charge in [0.1, 0.15) is 0 Å². The third kappa shape index (κ3) is 3.38. The summed E-state index contributed by atoms with van der Waals surface area (Å²) in [4.78, 5) is 28.2. The third-order valence-corrected chi connectivity index (χ3v) is 3.89. The topological polar surface area (TPSA) is 76.0 Å². The van der Waals surface area contributed by atoms with Gasteiger partial charge in [-0.05, 0) is 41.9 Å². The number of hydrogen-bond acceptors (Lipinski definition) is 3. The number of rotatable bonds is 4. The Bertz CT molecular complexity index is 906. The highest BCUT2D eigenvalue weighted by molar-refractivity contribution is 6.29. The number of fused-ring (bicyclic) bond motifs is 1. The van der Waals surface area contributed by atoms with Gasteiger partial charge in [0.2, 0.25) is 11.2 Å². The first kappa shape index (κ1) is 16.0. The highest BCUT2D eigenvalue weighted by Crippen LogP contribution is 2.19. The lowest BCUT2D eigenvalue weighted by molar-refractivity contribution is -0.115. The van der Waals surface area contributed by atoms with Crippen LogP contribution in [0, 0.1) is 0 Å². The lowest BCUT2D eigenvalue weighted by Crippen LogP contribution is -2.32. The van der Waals surface area contributed by atoms with Crippen LogP contribution in [0.4, 0.5) is 5.69 Å². The quantitative estimate of drug-likeness (QED) is 0.765. The largest absolute Gasteiger partial charge is 0.343 e. The summed E-state index contributed by atoms with van der Waals surface area (Å²) in [5, 5.41) is 5.64. The van der Waals surface area contributed by atoms with Crippen molar-refractivity contribution in [1.29, 1.82) is 0 Å². The minimum atomic E-state index is -0.345. The SMILES string of the molecule is Cn1c(Cl)nc2cc(C(=O)NCC(=O)Nc3ccccc3)ccc21. The van der Waals surface area contributed by atoms with Gasteiger partial charge in [0, 0.05) is 18.3 Å². The van der Waals surface area contributed by atoms with Gasteiger partial charge in [0.05, 0.1) is 17.6 Å². The van der Waals surface area contributed by atoms with Crippen molar-refractivity contribution in [3.05, 3.63) is 59.4 Å². The van der Waals surface area contributed by atoms with Crippen molar-refractivity contribution in [3.8, 4) is 0 Å². The number of nitrogens with one attached hydrogen (secondary N) is 2. The maximum atomic E-state index is 12.2. The molecule has 0 aliphatic carbocycles. The Hall–Kier alpha value is -2.86. The van der Waals surface area contributed by atoms with Crippen molar-refractivity contribution < 1.29 is 9.59 Å². The molecule has 0 aliphatic rings. The molecule has 24 heavy (non-hydrogen) atoms. The van der Waals surface area contributed by atoms with E-state index in [0.717, 1.165) is 5.52 Å². The average molecular weight is 343 g/mol. The van der Waals surface area contributed by atoms with Gasteiger partial charge in [-0.3, -0.25) is 9.59 Å². The molecule has 122 valence electrons. The molecule has 0 radical (unpaired) electrons. The van der Waals surface area contributed by atoms with E-state index in [2.05, 4.69) is 15.6 Å². The zero-order valence-electron chi connectivity index (χ0n) is 12.9. The lowest BCUT2D eigenvalue weighted by Gasteiger charge is -2.07. The van der Waals surface area contributed by atoms with Crippen LogP contribution >= 0.6 is 11.6 Å². The second-order valence-corrected chi connectivity index (χ2v) is 5.58. The smallest absolute Gasteiger partial charge is 0.251 e. The monoisotopic (exact) mass is 342 g/mol. The normalized spacial score (nSPS) is 10.6. The molecule has 0 bridgehead atoms. The predicted molar refractivity (Wildman–Crippen MR) is 93.1 cm³/mol. The minimum Gasteiger partial charge on any atom is -0.343 e. The molecule has 7 heteroatoms. The molecule has 0 spiro atoms. The molecule has 0 unspecified atom stereocenters. The number of para-hydroxylation sites is 1. The molecule has 0 atom stereocenters. The van der Waals surface area contributed by atoms with Gasteiger partial charge in [-0.25, -0.2) is 4.98 Å². The number of aryl methyl sites for hydroxylation is 1. The number of carbonyl (C=O) groups excluding carboxylic acids is 2. The van der Waals surface area contributed by atoms with E-state index in [9.17, 15) is 9.59 Å². The summed E-state index contributed by atoms with van der Waals surface area (Å²) in [5.41, 5.74) is 2.56. The number of imidazole rings is 1. The van der Waals surface area contributed by atoms with Crippen LogP contribution in [0.1, 0.15) is 10.4 Å². The summed E-state index contributed by atoms with van der Waals surface area (Å²) in [6, 6.07) is 14.1. The summed E-state index contributed by atoms with van der Waals surface area (Å²) < 4.78 is 1.73. The zero-order valence-corrected chi connectivity index (χ0v) is 13.7. The molecule has 3 aromatic rings. The van der Waals surface area contributed by atoms with Crippen molar-refractivity contribution in [2.45, 2.75) is 0 Å². The summed E-state index contributed by atoms with van der Waals surface area (Å²) in [7, 11) is 1.80. The molecule has 1 aromatic heterocycles. The molecule has 2 aromatic carbocycles. The van der Waals surface area contributed by atoms with Gasteiger partial charge < -0.3 is 15.2 Å². The van der Waals surface area contributed by atoms with Crippen LogP contribution in [0.3, 0.4) is 0 Å². The van der Waals surface area contributed by atoms with Gasteiger partial charge in [-0.2, -0.15) is 0 Å². The maximum Gasteiger partial charge on any atom is 0.251 e. The van der Waals surface area contributed by atoms with E-state index in [4.69, 9.17) is 11.6 Å². The fraction of sp³-hybridized carbons (Fsp3) is 0.118. The van der Waals surface area contributed by atoms with Crippen molar-refractivity contribution in [2.24, 2.45) is 7.05 Å². The van der Waals surface area contributed by atoms with Gasteiger partial charge in [0.15, 0.2) is 0 Å². The fourth-order valence-corrected chi connectivity index (χ4v) is 2.48. The van der Waals surface area contributed by atoms with E-state index in [-0.39, 0.29) is 18.4 Å². The van der Waals surface area contributed by atoms with Crippen LogP contribution in [0.15, 0.2) is 48.5 Å². The predicted octanol–water partition coefficient (Wildman–Crippen LogP) is 2.60. The molecule has 0 saturated carbocycles. The molecular formula is C17H15ClN4O2. The molecule has 3 rings (SSSR count). The second kappa shape index (κ2) is 6.72. The van der Waals surface area contributed by atoms with Gasteiger partial charge in [-0.15, -0.1) is 0 Å². The highest BCUT2D eigenvalue weighted by Gasteiger charge is 2.12. The number of hydrogen-bond donors (Lipinski definition) is 2. The van der Waals surface area contributed by atoms with E-state index >= 15 is 0 Å². The first-order valence-electron chi connectivity index (χ1n) is 7.29. The standard InChI is InChI=1S/C17H15ClN4O2/c1-22-14-8-7-11(9-13(14)21-17(22)18)16(24)19-10-15(23)20-12-5-3-2-4-6-12/h2-9H,10H2,1H3,(H,19,24)(H,20,23). The van der Waals surface area contributed by atoms with E-state index in [1.54, 1.807) is 41.9 Å². The van der Waals surface area contributed by atoms with Crippen LogP contribution in [-0.4, -0.2) is 27.9 Å². The van der Waals surface area contributed by atoms with Crippen LogP contribution in [-0.2, 0) is 11.8 Å². The zero-order chi connectivity index (χ0) is 17.1. The van der Waals surface area contributed by atoms with Crippen molar-refractivity contribution in [2.75, 3.05) is 11.9 Å². The Labute approximate surface area is 143 Å². The van der Waals surface area contributed by atoms with Gasteiger partial charge in [0.25, 0.3) is 5.91 Å². The Morgan fingerprint density at radius 1 is 1.17 bits per heavy atom. The maximum absolute atomic E-state index is 12.2. The molecular weight excluding hydrogens is 328 g/mol. The second-order valence-electron chi connectivity index (χ2n) is 5.24. The first-order chi connectivity index (χ1) is 11.5.